The molecule has 1 amide bonds. The highest BCUT2D eigenvalue weighted by Crippen LogP contribution is 2.09. The second-order valence-electron chi connectivity index (χ2n) is 4.70. The van der Waals surface area contributed by atoms with E-state index in [4.69, 9.17) is 5.26 Å². The Morgan fingerprint density at radius 2 is 1.81 bits per heavy atom. The van der Waals surface area contributed by atoms with Gasteiger partial charge in [-0.2, -0.15) is 5.26 Å². The summed E-state index contributed by atoms with van der Waals surface area (Å²) in [7, 11) is 1.99. The smallest absolute Gasteiger partial charge is 0.251 e. The maximum atomic E-state index is 11.9. The van der Waals surface area contributed by atoms with Crippen LogP contribution in [0, 0.1) is 11.3 Å². The molecule has 2 aromatic rings. The molecule has 0 fully saturated rings. The van der Waals surface area contributed by atoms with Crippen LogP contribution in [-0.2, 0) is 0 Å². The molecule has 0 aliphatic rings. The lowest BCUT2D eigenvalue weighted by atomic mass is 10.1. The van der Waals surface area contributed by atoms with Crippen molar-refractivity contribution in [3.05, 3.63) is 65.7 Å². The van der Waals surface area contributed by atoms with E-state index < -0.39 is 0 Å². The lowest BCUT2D eigenvalue weighted by Gasteiger charge is -2.19. The molecule has 0 aliphatic heterocycles. The molecule has 106 valence electrons. The fourth-order valence-corrected chi connectivity index (χ4v) is 1.95. The molecule has 0 saturated carbocycles. The fraction of sp³-hybridized carbons (Fsp3) is 0.176. The molecule has 0 bridgehead atoms. The van der Waals surface area contributed by atoms with Crippen molar-refractivity contribution in [2.75, 3.05) is 25.0 Å². The number of nitrogens with zero attached hydrogens (tertiary/aromatic N) is 2. The summed E-state index contributed by atoms with van der Waals surface area (Å²) in [6.45, 7) is 1.29. The molecule has 0 radical (unpaired) electrons. The fourth-order valence-electron chi connectivity index (χ4n) is 1.95. The van der Waals surface area contributed by atoms with Gasteiger partial charge < -0.3 is 10.2 Å². The summed E-state index contributed by atoms with van der Waals surface area (Å²) in [6, 6.07) is 18.7. The molecule has 0 heterocycles. The predicted octanol–water partition coefficient (Wildman–Crippen LogP) is 2.42. The number of carbonyl (C=O) groups is 1. The summed E-state index contributed by atoms with van der Waals surface area (Å²) >= 11 is 0. The minimum atomic E-state index is -0.124. The number of amides is 1. The molecule has 0 saturated heterocycles. The highest BCUT2D eigenvalue weighted by Gasteiger charge is 2.05. The molecule has 21 heavy (non-hydrogen) atoms. The molecule has 0 spiro atoms. The van der Waals surface area contributed by atoms with E-state index in [1.807, 2.05) is 43.4 Å². The summed E-state index contributed by atoms with van der Waals surface area (Å²) in [5, 5.41) is 11.6. The molecule has 2 rings (SSSR count). The quantitative estimate of drug-likeness (QED) is 0.914. The van der Waals surface area contributed by atoms with Crippen LogP contribution in [0.15, 0.2) is 54.6 Å². The van der Waals surface area contributed by atoms with Gasteiger partial charge in [0.2, 0.25) is 0 Å². The molecule has 0 unspecified atom stereocenters. The first-order valence-corrected chi connectivity index (χ1v) is 6.75. The standard InChI is InChI=1S/C17H17N3O/c1-20(16-5-3-2-4-6-16)12-11-19-17(21)15-9-7-14(13-18)8-10-15/h2-10H,11-12H2,1H3,(H,19,21). The van der Waals surface area contributed by atoms with E-state index in [0.717, 1.165) is 12.2 Å². The third-order valence-corrected chi connectivity index (χ3v) is 3.21. The Morgan fingerprint density at radius 3 is 2.43 bits per heavy atom. The zero-order valence-corrected chi connectivity index (χ0v) is 11.9. The number of para-hydroxylation sites is 1. The van der Waals surface area contributed by atoms with Crippen molar-refractivity contribution in [2.24, 2.45) is 0 Å². The van der Waals surface area contributed by atoms with E-state index in [0.29, 0.717) is 17.7 Å². The third-order valence-electron chi connectivity index (χ3n) is 3.21. The summed E-state index contributed by atoms with van der Waals surface area (Å²) in [5.41, 5.74) is 2.23. The second kappa shape index (κ2) is 7.11. The number of hydrogen-bond acceptors (Lipinski definition) is 3. The van der Waals surface area contributed by atoms with Crippen LogP contribution in [0.5, 0.6) is 0 Å². The number of benzene rings is 2. The van der Waals surface area contributed by atoms with Crippen LogP contribution >= 0.6 is 0 Å². The minimum Gasteiger partial charge on any atom is -0.373 e. The van der Waals surface area contributed by atoms with E-state index in [1.54, 1.807) is 24.3 Å². The number of nitriles is 1. The molecule has 4 heteroatoms. The second-order valence-corrected chi connectivity index (χ2v) is 4.70. The lowest BCUT2D eigenvalue weighted by molar-refractivity contribution is 0.0955. The van der Waals surface area contributed by atoms with Crippen LogP contribution < -0.4 is 10.2 Å². The monoisotopic (exact) mass is 279 g/mol. The van der Waals surface area contributed by atoms with Crippen LogP contribution in [0.1, 0.15) is 15.9 Å². The van der Waals surface area contributed by atoms with Gasteiger partial charge in [-0.15, -0.1) is 0 Å². The number of nitrogens with one attached hydrogen (secondary N) is 1. The summed E-state index contributed by atoms with van der Waals surface area (Å²) < 4.78 is 0. The molecular weight excluding hydrogens is 262 g/mol. The number of carbonyl (C=O) groups excluding carboxylic acids is 1. The first-order chi connectivity index (χ1) is 10.2. The van der Waals surface area contributed by atoms with E-state index >= 15 is 0 Å². The molecule has 0 aromatic heterocycles. The van der Waals surface area contributed by atoms with Crippen LogP contribution in [0.3, 0.4) is 0 Å². The third kappa shape index (κ3) is 4.08. The molecule has 0 aliphatic carbocycles. The van der Waals surface area contributed by atoms with Crippen molar-refractivity contribution in [3.8, 4) is 6.07 Å². The molecule has 2 aromatic carbocycles. The summed E-state index contributed by atoms with van der Waals surface area (Å²) in [5.74, 6) is -0.124. The van der Waals surface area contributed by atoms with Crippen molar-refractivity contribution in [1.82, 2.24) is 5.32 Å². The Balaban J connectivity index is 1.83. The number of anilines is 1. The number of likely N-dealkylation sites (N-methyl/N-ethyl adjacent to an activating group) is 1. The summed E-state index contributed by atoms with van der Waals surface area (Å²) in [6.07, 6.45) is 0. The first-order valence-electron chi connectivity index (χ1n) is 6.75. The molecule has 4 nitrogen and oxygen atoms in total. The Hall–Kier alpha value is -2.80. The highest BCUT2D eigenvalue weighted by molar-refractivity contribution is 5.94. The van der Waals surface area contributed by atoms with Gasteiger partial charge in [0, 0.05) is 31.4 Å². The number of rotatable bonds is 5. The minimum absolute atomic E-state index is 0.124. The zero-order chi connectivity index (χ0) is 15.1. The Labute approximate surface area is 124 Å². The Morgan fingerprint density at radius 1 is 1.14 bits per heavy atom. The lowest BCUT2D eigenvalue weighted by Crippen LogP contribution is -2.32. The van der Waals surface area contributed by atoms with Crippen molar-refractivity contribution in [1.29, 1.82) is 5.26 Å². The van der Waals surface area contributed by atoms with Crippen LogP contribution in [0.25, 0.3) is 0 Å². The Kier molecular flexibility index (Phi) is 4.94. The molecule has 1 N–H and O–H groups in total. The summed E-state index contributed by atoms with van der Waals surface area (Å²) in [4.78, 5) is 14.0. The maximum absolute atomic E-state index is 11.9. The first kappa shape index (κ1) is 14.6. The van der Waals surface area contributed by atoms with Crippen molar-refractivity contribution in [3.63, 3.8) is 0 Å². The van der Waals surface area contributed by atoms with Gasteiger partial charge in [-0.1, -0.05) is 18.2 Å². The topological polar surface area (TPSA) is 56.1 Å². The van der Waals surface area contributed by atoms with Gasteiger partial charge in [0.25, 0.3) is 5.91 Å². The van der Waals surface area contributed by atoms with Crippen LogP contribution in [0.2, 0.25) is 0 Å². The molecular formula is C17H17N3O. The van der Waals surface area contributed by atoms with Crippen LogP contribution in [0.4, 0.5) is 5.69 Å². The van der Waals surface area contributed by atoms with Crippen LogP contribution in [-0.4, -0.2) is 26.0 Å². The van der Waals surface area contributed by atoms with Gasteiger partial charge in [0.05, 0.1) is 11.6 Å². The van der Waals surface area contributed by atoms with E-state index in [1.165, 1.54) is 0 Å². The largest absolute Gasteiger partial charge is 0.373 e. The Bertz CT molecular complexity index is 629. The normalized spacial score (nSPS) is 9.71. The van der Waals surface area contributed by atoms with Gasteiger partial charge in [-0.05, 0) is 36.4 Å². The van der Waals surface area contributed by atoms with Gasteiger partial charge in [-0.3, -0.25) is 4.79 Å². The van der Waals surface area contributed by atoms with E-state index in [9.17, 15) is 4.79 Å². The van der Waals surface area contributed by atoms with E-state index in [2.05, 4.69) is 10.2 Å². The van der Waals surface area contributed by atoms with E-state index in [-0.39, 0.29) is 5.91 Å². The van der Waals surface area contributed by atoms with Crippen molar-refractivity contribution in [2.45, 2.75) is 0 Å². The van der Waals surface area contributed by atoms with Gasteiger partial charge in [-0.25, -0.2) is 0 Å². The predicted molar refractivity (Wildman–Crippen MR) is 83.2 cm³/mol. The highest BCUT2D eigenvalue weighted by atomic mass is 16.1. The average molecular weight is 279 g/mol. The number of hydrogen-bond donors (Lipinski definition) is 1. The van der Waals surface area contributed by atoms with Crippen molar-refractivity contribution >= 4 is 11.6 Å². The molecule has 0 atom stereocenters. The maximum Gasteiger partial charge on any atom is 0.251 e. The van der Waals surface area contributed by atoms with Crippen molar-refractivity contribution < 1.29 is 4.79 Å². The zero-order valence-electron chi connectivity index (χ0n) is 11.9. The van der Waals surface area contributed by atoms with Gasteiger partial charge in [0.1, 0.15) is 0 Å². The van der Waals surface area contributed by atoms with Gasteiger partial charge in [0.15, 0.2) is 0 Å². The average Bonchev–Trinajstić information content (AvgIpc) is 2.55. The SMILES string of the molecule is CN(CCNC(=O)c1ccc(C#N)cc1)c1ccccc1. The van der Waals surface area contributed by atoms with Gasteiger partial charge >= 0.3 is 0 Å².